The number of anilines is 1. The van der Waals surface area contributed by atoms with Gasteiger partial charge in [0.1, 0.15) is 11.1 Å². The summed E-state index contributed by atoms with van der Waals surface area (Å²) in [4.78, 5) is 25.2. The van der Waals surface area contributed by atoms with Gasteiger partial charge in [-0.05, 0) is 44.1 Å². The van der Waals surface area contributed by atoms with E-state index >= 15 is 0 Å². The highest BCUT2D eigenvalue weighted by atomic mass is 32.1. The summed E-state index contributed by atoms with van der Waals surface area (Å²) in [7, 11) is 0. The van der Waals surface area contributed by atoms with Gasteiger partial charge in [0, 0.05) is 4.88 Å². The van der Waals surface area contributed by atoms with Gasteiger partial charge in [-0.25, -0.2) is 0 Å². The molecular weight excluding hydrogens is 324 g/mol. The predicted octanol–water partition coefficient (Wildman–Crippen LogP) is 3.49. The Hall–Kier alpha value is -2.13. The van der Waals surface area contributed by atoms with Crippen molar-refractivity contribution in [3.8, 4) is 6.07 Å². The molecule has 0 saturated carbocycles. The van der Waals surface area contributed by atoms with E-state index in [4.69, 9.17) is 0 Å². The normalized spacial score (nSPS) is 23.0. The van der Waals surface area contributed by atoms with E-state index < -0.39 is 17.8 Å². The minimum atomic E-state index is -0.943. The van der Waals surface area contributed by atoms with Gasteiger partial charge in [0.05, 0.1) is 17.4 Å². The number of carbonyl (C=O) groups excluding carboxylic acids is 1. The van der Waals surface area contributed by atoms with Crippen molar-refractivity contribution in [1.29, 1.82) is 5.26 Å². The highest BCUT2D eigenvalue weighted by molar-refractivity contribution is 7.16. The van der Waals surface area contributed by atoms with Crippen LogP contribution in [0.4, 0.5) is 5.00 Å². The molecule has 5 nitrogen and oxygen atoms in total. The van der Waals surface area contributed by atoms with E-state index in [9.17, 15) is 20.0 Å². The summed E-state index contributed by atoms with van der Waals surface area (Å²) in [5.41, 5.74) is 1.65. The number of carboxylic acid groups (broad SMARTS) is 1. The topological polar surface area (TPSA) is 90.2 Å². The molecule has 0 aliphatic heterocycles. The van der Waals surface area contributed by atoms with Gasteiger partial charge in [0.25, 0.3) is 0 Å². The van der Waals surface area contributed by atoms with Crippen molar-refractivity contribution in [1.82, 2.24) is 0 Å². The predicted molar refractivity (Wildman–Crippen MR) is 91.9 cm³/mol. The molecule has 0 radical (unpaired) electrons. The van der Waals surface area contributed by atoms with Crippen molar-refractivity contribution in [3.05, 3.63) is 28.2 Å². The Morgan fingerprint density at radius 1 is 1.17 bits per heavy atom. The number of nitrogens with zero attached hydrogens (tertiary/aromatic N) is 1. The molecule has 0 aromatic carbocycles. The van der Waals surface area contributed by atoms with Crippen molar-refractivity contribution in [2.45, 2.75) is 44.9 Å². The van der Waals surface area contributed by atoms with Crippen molar-refractivity contribution in [2.75, 3.05) is 5.32 Å². The molecule has 126 valence electrons. The number of thiophene rings is 1. The van der Waals surface area contributed by atoms with Crippen LogP contribution < -0.4 is 5.32 Å². The third-order valence-corrected chi connectivity index (χ3v) is 6.06. The third kappa shape index (κ3) is 3.22. The smallest absolute Gasteiger partial charge is 0.307 e. The average molecular weight is 344 g/mol. The van der Waals surface area contributed by atoms with Crippen LogP contribution in [0.2, 0.25) is 0 Å². The van der Waals surface area contributed by atoms with Crippen LogP contribution in [0.15, 0.2) is 12.2 Å². The fraction of sp³-hybridized carbons (Fsp3) is 0.500. The van der Waals surface area contributed by atoms with Gasteiger partial charge in [0.15, 0.2) is 0 Å². The van der Waals surface area contributed by atoms with Crippen LogP contribution in [-0.4, -0.2) is 17.0 Å². The summed E-state index contributed by atoms with van der Waals surface area (Å²) in [5, 5.41) is 22.3. The Balaban J connectivity index is 1.83. The second-order valence-corrected chi connectivity index (χ2v) is 7.47. The fourth-order valence-electron chi connectivity index (χ4n) is 3.53. The molecule has 2 atom stereocenters. The summed E-state index contributed by atoms with van der Waals surface area (Å²) in [6, 6.07) is 2.24. The van der Waals surface area contributed by atoms with E-state index in [1.807, 2.05) is 12.2 Å². The molecule has 3 rings (SSSR count). The zero-order chi connectivity index (χ0) is 17.1. The molecule has 1 heterocycles. The number of hydrogen-bond acceptors (Lipinski definition) is 4. The highest BCUT2D eigenvalue weighted by Gasteiger charge is 2.34. The van der Waals surface area contributed by atoms with E-state index in [1.54, 1.807) is 0 Å². The molecule has 0 unspecified atom stereocenters. The number of nitriles is 1. The summed E-state index contributed by atoms with van der Waals surface area (Å²) < 4.78 is 0. The van der Waals surface area contributed by atoms with Crippen molar-refractivity contribution < 1.29 is 14.7 Å². The number of carboxylic acids is 1. The van der Waals surface area contributed by atoms with Crippen LogP contribution in [0.5, 0.6) is 0 Å². The standard InChI is InChI=1S/C18H20N2O3S/c19-10-14-11-6-2-1-3-9-15(11)24-17(14)20-16(21)12-7-4-5-8-13(12)18(22)23/h4-5,12-13H,1-3,6-9H2,(H,20,21)(H,22,23)/t12-,13-/m1/s1. The second-order valence-electron chi connectivity index (χ2n) is 6.36. The molecule has 1 amide bonds. The molecule has 1 aromatic rings. The zero-order valence-corrected chi connectivity index (χ0v) is 14.2. The van der Waals surface area contributed by atoms with Gasteiger partial charge in [0.2, 0.25) is 5.91 Å². The number of nitrogens with one attached hydrogen (secondary N) is 1. The lowest BCUT2D eigenvalue weighted by atomic mass is 9.82. The van der Waals surface area contributed by atoms with Crippen LogP contribution in [-0.2, 0) is 22.4 Å². The molecule has 6 heteroatoms. The maximum Gasteiger partial charge on any atom is 0.307 e. The van der Waals surface area contributed by atoms with Gasteiger partial charge < -0.3 is 10.4 Å². The Labute approximate surface area is 145 Å². The largest absolute Gasteiger partial charge is 0.481 e. The third-order valence-electron chi connectivity index (χ3n) is 4.86. The van der Waals surface area contributed by atoms with Gasteiger partial charge in [-0.3, -0.25) is 9.59 Å². The Bertz CT molecular complexity index is 729. The van der Waals surface area contributed by atoms with E-state index in [2.05, 4.69) is 11.4 Å². The van der Waals surface area contributed by atoms with Crippen molar-refractivity contribution in [2.24, 2.45) is 11.8 Å². The fourth-order valence-corrected chi connectivity index (χ4v) is 4.77. The second kappa shape index (κ2) is 7.18. The maximum absolute atomic E-state index is 12.6. The number of fused-ring (bicyclic) bond motifs is 1. The first-order valence-electron chi connectivity index (χ1n) is 8.35. The first kappa shape index (κ1) is 16.7. The van der Waals surface area contributed by atoms with Crippen LogP contribution >= 0.6 is 11.3 Å². The number of aliphatic carboxylic acids is 1. The van der Waals surface area contributed by atoms with Crippen LogP contribution in [0.1, 0.15) is 48.1 Å². The Kier molecular flexibility index (Phi) is 5.00. The SMILES string of the molecule is N#Cc1c(NC(=O)[C@@H]2CC=CC[C@H]2C(=O)O)sc2c1CCCCC2. The highest BCUT2D eigenvalue weighted by Crippen LogP contribution is 2.38. The van der Waals surface area contributed by atoms with Gasteiger partial charge in [-0.2, -0.15) is 5.26 Å². The summed E-state index contributed by atoms with van der Waals surface area (Å²) in [6.45, 7) is 0. The molecule has 1 aromatic heterocycles. The summed E-state index contributed by atoms with van der Waals surface area (Å²) in [6.07, 6.45) is 9.66. The van der Waals surface area contributed by atoms with Crippen molar-refractivity contribution >= 4 is 28.2 Å². The molecule has 2 aliphatic carbocycles. The monoisotopic (exact) mass is 344 g/mol. The molecule has 0 fully saturated rings. The number of carbonyl (C=O) groups is 2. The first-order valence-corrected chi connectivity index (χ1v) is 9.16. The van der Waals surface area contributed by atoms with E-state index in [1.165, 1.54) is 22.6 Å². The van der Waals surface area contributed by atoms with Crippen LogP contribution in [0.3, 0.4) is 0 Å². The summed E-state index contributed by atoms with van der Waals surface area (Å²) >= 11 is 1.48. The lowest BCUT2D eigenvalue weighted by molar-refractivity contribution is -0.146. The first-order chi connectivity index (χ1) is 11.6. The van der Waals surface area contributed by atoms with Gasteiger partial charge >= 0.3 is 5.97 Å². The molecule has 24 heavy (non-hydrogen) atoms. The minimum Gasteiger partial charge on any atom is -0.481 e. The molecule has 2 aliphatic rings. The molecule has 2 N–H and O–H groups in total. The lowest BCUT2D eigenvalue weighted by Crippen LogP contribution is -2.34. The van der Waals surface area contributed by atoms with Crippen molar-refractivity contribution in [3.63, 3.8) is 0 Å². The minimum absolute atomic E-state index is 0.292. The molecule has 0 spiro atoms. The average Bonchev–Trinajstić information content (AvgIpc) is 2.74. The van der Waals surface area contributed by atoms with E-state index in [0.717, 1.165) is 31.2 Å². The van der Waals surface area contributed by atoms with Crippen LogP contribution in [0.25, 0.3) is 0 Å². The Morgan fingerprint density at radius 2 is 1.88 bits per heavy atom. The van der Waals surface area contributed by atoms with Gasteiger partial charge in [-0.15, -0.1) is 11.3 Å². The number of allylic oxidation sites excluding steroid dienone is 2. The number of rotatable bonds is 3. The quantitative estimate of drug-likeness (QED) is 0.649. The number of hydrogen-bond donors (Lipinski definition) is 2. The molecule has 0 bridgehead atoms. The zero-order valence-electron chi connectivity index (χ0n) is 13.4. The van der Waals surface area contributed by atoms with E-state index in [-0.39, 0.29) is 5.91 Å². The Morgan fingerprint density at radius 3 is 2.58 bits per heavy atom. The molecule has 0 saturated heterocycles. The maximum atomic E-state index is 12.6. The van der Waals surface area contributed by atoms with E-state index in [0.29, 0.717) is 23.4 Å². The van der Waals surface area contributed by atoms with Gasteiger partial charge in [-0.1, -0.05) is 18.6 Å². The van der Waals surface area contributed by atoms with Crippen LogP contribution in [0, 0.1) is 23.2 Å². The number of amides is 1. The summed E-state index contributed by atoms with van der Waals surface area (Å²) in [5.74, 6) is -2.51. The number of aryl methyl sites for hydroxylation is 1. The molecular formula is C18H20N2O3S. The lowest BCUT2D eigenvalue weighted by Gasteiger charge is -2.23.